The van der Waals surface area contributed by atoms with E-state index in [-0.39, 0.29) is 17.2 Å². The van der Waals surface area contributed by atoms with Gasteiger partial charge in [0.2, 0.25) is 0 Å². The zero-order valence-electron chi connectivity index (χ0n) is 17.6. The number of nitrogens with zero attached hydrogens (tertiary/aromatic N) is 1. The molecule has 0 saturated heterocycles. The monoisotopic (exact) mass is 454 g/mol. The highest BCUT2D eigenvalue weighted by molar-refractivity contribution is 9.10. The van der Waals surface area contributed by atoms with Gasteiger partial charge in [-0.1, -0.05) is 19.9 Å². The van der Waals surface area contributed by atoms with Crippen LogP contribution in [0, 0.1) is 5.41 Å². The van der Waals surface area contributed by atoms with Gasteiger partial charge in [-0.3, -0.25) is 4.79 Å². The number of rotatable bonds is 3. The second-order valence-corrected chi connectivity index (χ2v) is 9.78. The number of ketones is 1. The molecule has 0 bridgehead atoms. The second kappa shape index (κ2) is 7.21. The van der Waals surface area contributed by atoms with Crippen molar-refractivity contribution in [2.75, 3.05) is 31.4 Å². The van der Waals surface area contributed by atoms with Crippen LogP contribution in [0.1, 0.15) is 43.9 Å². The first-order valence-corrected chi connectivity index (χ1v) is 10.7. The van der Waals surface area contributed by atoms with Crippen LogP contribution >= 0.6 is 15.9 Å². The van der Waals surface area contributed by atoms with Crippen LogP contribution in [-0.2, 0) is 4.79 Å². The van der Waals surface area contributed by atoms with Crippen molar-refractivity contribution in [1.29, 1.82) is 0 Å². The fourth-order valence-corrected chi connectivity index (χ4v) is 5.23. The molecule has 4 rings (SSSR count). The number of hydrogen-bond donors (Lipinski definition) is 1. The Hall–Kier alpha value is -2.27. The van der Waals surface area contributed by atoms with Crippen LogP contribution in [0.3, 0.4) is 0 Å². The lowest BCUT2D eigenvalue weighted by atomic mass is 9.68. The molecule has 4 nitrogen and oxygen atoms in total. The molecule has 29 heavy (non-hydrogen) atoms. The van der Waals surface area contributed by atoms with Crippen molar-refractivity contribution in [3.63, 3.8) is 0 Å². The maximum absolute atomic E-state index is 13.3. The standard InChI is InChI=1S/C24H27BrN2O2/c1-24(2)12-17-16-11-15(29-5)7-8-19(16)26-23(22(17)21(28)13-24)14-6-9-20(27(3)4)18(25)10-14/h6-11,23,26H,12-13H2,1-5H3. The number of carbonyl (C=O) groups is 1. The molecule has 1 atom stereocenters. The molecule has 0 fully saturated rings. The van der Waals surface area contributed by atoms with Crippen molar-refractivity contribution in [2.24, 2.45) is 5.41 Å². The smallest absolute Gasteiger partial charge is 0.162 e. The van der Waals surface area contributed by atoms with E-state index < -0.39 is 0 Å². The van der Waals surface area contributed by atoms with E-state index in [1.165, 1.54) is 0 Å². The van der Waals surface area contributed by atoms with Gasteiger partial charge < -0.3 is 15.0 Å². The van der Waals surface area contributed by atoms with Crippen LogP contribution < -0.4 is 15.0 Å². The Balaban J connectivity index is 1.89. The number of benzene rings is 2. The number of anilines is 2. The first kappa shape index (κ1) is 20.0. The average molecular weight is 455 g/mol. The number of ether oxygens (including phenoxy) is 1. The van der Waals surface area contributed by atoms with Gasteiger partial charge in [-0.25, -0.2) is 0 Å². The lowest BCUT2D eigenvalue weighted by Crippen LogP contribution is -2.33. The number of halogens is 1. The third kappa shape index (κ3) is 3.57. The Kier molecular flexibility index (Phi) is 4.97. The Labute approximate surface area is 181 Å². The van der Waals surface area contributed by atoms with Crippen molar-refractivity contribution in [2.45, 2.75) is 32.7 Å². The van der Waals surface area contributed by atoms with E-state index in [2.05, 4.69) is 64.3 Å². The zero-order valence-corrected chi connectivity index (χ0v) is 19.2. The molecule has 0 amide bonds. The molecule has 2 aliphatic rings. The summed E-state index contributed by atoms with van der Waals surface area (Å²) in [7, 11) is 5.72. The number of fused-ring (bicyclic) bond motifs is 2. The number of allylic oxidation sites excluding steroid dienone is 1. The van der Waals surface area contributed by atoms with Gasteiger partial charge in [-0.15, -0.1) is 0 Å². The van der Waals surface area contributed by atoms with Gasteiger partial charge >= 0.3 is 0 Å². The summed E-state index contributed by atoms with van der Waals surface area (Å²) in [4.78, 5) is 15.4. The predicted octanol–water partition coefficient (Wildman–Crippen LogP) is 5.83. The molecule has 0 aromatic heterocycles. The highest BCUT2D eigenvalue weighted by atomic mass is 79.9. The van der Waals surface area contributed by atoms with Crippen molar-refractivity contribution in [1.82, 2.24) is 0 Å². The van der Waals surface area contributed by atoms with E-state index in [0.717, 1.165) is 50.3 Å². The minimum absolute atomic E-state index is 0.0481. The van der Waals surface area contributed by atoms with Gasteiger partial charge in [0.05, 0.1) is 18.8 Å². The molecule has 0 saturated carbocycles. The van der Waals surface area contributed by atoms with Crippen LogP contribution in [0.5, 0.6) is 5.75 Å². The van der Waals surface area contributed by atoms with Crippen molar-refractivity contribution >= 4 is 38.7 Å². The summed E-state index contributed by atoms with van der Waals surface area (Å²) >= 11 is 3.70. The zero-order chi connectivity index (χ0) is 20.9. The molecule has 1 heterocycles. The molecule has 2 aromatic rings. The van der Waals surface area contributed by atoms with E-state index in [4.69, 9.17) is 4.74 Å². The molecule has 0 radical (unpaired) electrons. The summed E-state index contributed by atoms with van der Waals surface area (Å²) in [5.74, 6) is 1.04. The van der Waals surface area contributed by atoms with Crippen LogP contribution in [0.25, 0.3) is 5.57 Å². The van der Waals surface area contributed by atoms with Gasteiger partial charge in [-0.05, 0) is 69.2 Å². The Morgan fingerprint density at radius 3 is 2.55 bits per heavy atom. The first-order chi connectivity index (χ1) is 13.7. The quantitative estimate of drug-likeness (QED) is 0.632. The van der Waals surface area contributed by atoms with Gasteiger partial charge in [0, 0.05) is 41.8 Å². The summed E-state index contributed by atoms with van der Waals surface area (Å²) in [5, 5.41) is 3.63. The minimum Gasteiger partial charge on any atom is -0.497 e. The maximum atomic E-state index is 13.3. The highest BCUT2D eigenvalue weighted by Crippen LogP contribution is 2.51. The molecule has 5 heteroatoms. The lowest BCUT2D eigenvalue weighted by molar-refractivity contribution is -0.118. The third-order valence-corrected chi connectivity index (χ3v) is 6.48. The summed E-state index contributed by atoms with van der Waals surface area (Å²) < 4.78 is 6.48. The van der Waals surface area contributed by atoms with Crippen LogP contribution in [0.15, 0.2) is 46.4 Å². The third-order valence-electron chi connectivity index (χ3n) is 5.85. The van der Waals surface area contributed by atoms with Gasteiger partial charge in [0.25, 0.3) is 0 Å². The van der Waals surface area contributed by atoms with Crippen molar-refractivity contribution in [3.05, 3.63) is 57.6 Å². The molecular weight excluding hydrogens is 428 g/mol. The van der Waals surface area contributed by atoms with Crippen LogP contribution in [-0.4, -0.2) is 27.0 Å². The van der Waals surface area contributed by atoms with Crippen LogP contribution in [0.4, 0.5) is 11.4 Å². The number of hydrogen-bond acceptors (Lipinski definition) is 4. The first-order valence-electron chi connectivity index (χ1n) is 9.88. The topological polar surface area (TPSA) is 41.6 Å². The van der Waals surface area contributed by atoms with Crippen LogP contribution in [0.2, 0.25) is 0 Å². The van der Waals surface area contributed by atoms with E-state index in [1.54, 1.807) is 7.11 Å². The normalized spacial score (nSPS) is 19.9. The highest BCUT2D eigenvalue weighted by Gasteiger charge is 2.40. The van der Waals surface area contributed by atoms with E-state index >= 15 is 0 Å². The molecule has 1 aliphatic carbocycles. The molecule has 152 valence electrons. The molecule has 1 aliphatic heterocycles. The van der Waals surface area contributed by atoms with E-state index in [0.29, 0.717) is 6.42 Å². The number of Topliss-reactive ketones (excluding diaryl/α,β-unsaturated/α-hetero) is 1. The number of methoxy groups -OCH3 is 1. The summed E-state index contributed by atoms with van der Waals surface area (Å²) in [5.41, 5.74) is 6.33. The minimum atomic E-state index is -0.151. The number of carbonyl (C=O) groups excluding carboxylic acids is 1. The fourth-order valence-electron chi connectivity index (χ4n) is 4.48. The maximum Gasteiger partial charge on any atom is 0.162 e. The van der Waals surface area contributed by atoms with E-state index in [1.807, 2.05) is 26.2 Å². The van der Waals surface area contributed by atoms with Crippen molar-refractivity contribution in [3.8, 4) is 5.75 Å². The Morgan fingerprint density at radius 2 is 1.90 bits per heavy atom. The van der Waals surface area contributed by atoms with E-state index in [9.17, 15) is 4.79 Å². The summed E-state index contributed by atoms with van der Waals surface area (Å²) in [6, 6.07) is 12.3. The second-order valence-electron chi connectivity index (χ2n) is 8.93. The summed E-state index contributed by atoms with van der Waals surface area (Å²) in [6.07, 6.45) is 1.45. The molecular formula is C24H27BrN2O2. The Bertz CT molecular complexity index is 1020. The molecule has 0 spiro atoms. The Morgan fingerprint density at radius 1 is 1.14 bits per heavy atom. The van der Waals surface area contributed by atoms with Crippen molar-refractivity contribution < 1.29 is 9.53 Å². The SMILES string of the molecule is COc1ccc2c(c1)C1=C(C(=O)CC(C)(C)C1)C(c1ccc(N(C)C)c(Br)c1)N2. The molecule has 1 N–H and O–H groups in total. The average Bonchev–Trinajstić information content (AvgIpc) is 2.65. The fraction of sp³-hybridized carbons (Fsp3) is 0.375. The van der Waals surface area contributed by atoms with Gasteiger partial charge in [0.15, 0.2) is 5.78 Å². The largest absolute Gasteiger partial charge is 0.497 e. The molecule has 2 aromatic carbocycles. The van der Waals surface area contributed by atoms with Gasteiger partial charge in [-0.2, -0.15) is 0 Å². The van der Waals surface area contributed by atoms with Gasteiger partial charge in [0.1, 0.15) is 5.75 Å². The predicted molar refractivity (Wildman–Crippen MR) is 123 cm³/mol. The molecule has 1 unspecified atom stereocenters. The number of nitrogens with one attached hydrogen (secondary N) is 1. The lowest BCUT2D eigenvalue weighted by Gasteiger charge is -2.40. The summed E-state index contributed by atoms with van der Waals surface area (Å²) in [6.45, 7) is 4.35.